The Labute approximate surface area is 114 Å². The van der Waals surface area contributed by atoms with E-state index in [9.17, 15) is 0 Å². The van der Waals surface area contributed by atoms with Crippen LogP contribution in [0.25, 0.3) is 10.2 Å². The molecule has 3 aromatic heterocycles. The van der Waals surface area contributed by atoms with Crippen molar-refractivity contribution < 1.29 is 0 Å². The average Bonchev–Trinajstić information content (AvgIpc) is 2.72. The van der Waals surface area contributed by atoms with Crippen molar-refractivity contribution in [1.29, 1.82) is 0 Å². The van der Waals surface area contributed by atoms with Gasteiger partial charge in [-0.2, -0.15) is 0 Å². The maximum atomic E-state index is 6.18. The van der Waals surface area contributed by atoms with E-state index in [1.165, 1.54) is 4.88 Å². The number of halogens is 1. The fourth-order valence-electron chi connectivity index (χ4n) is 1.81. The predicted octanol–water partition coefficient (Wildman–Crippen LogP) is 3.64. The van der Waals surface area contributed by atoms with Crippen molar-refractivity contribution >= 4 is 33.2 Å². The fourth-order valence-corrected chi connectivity index (χ4v) is 3.01. The summed E-state index contributed by atoms with van der Waals surface area (Å²) in [5.74, 6) is 0.751. The molecular formula is C13H10ClN3S. The van der Waals surface area contributed by atoms with E-state index in [2.05, 4.69) is 15.0 Å². The number of nitrogens with zero attached hydrogens (tertiary/aromatic N) is 3. The smallest absolute Gasteiger partial charge is 0.141 e. The van der Waals surface area contributed by atoms with Crippen molar-refractivity contribution in [2.75, 3.05) is 0 Å². The lowest BCUT2D eigenvalue weighted by molar-refractivity contribution is 0.993. The quantitative estimate of drug-likeness (QED) is 0.670. The highest BCUT2D eigenvalue weighted by Crippen LogP contribution is 2.28. The molecule has 0 unspecified atom stereocenters. The summed E-state index contributed by atoms with van der Waals surface area (Å²) in [6.45, 7) is 2.05. The van der Waals surface area contributed by atoms with Gasteiger partial charge in [-0.1, -0.05) is 11.6 Å². The Kier molecular flexibility index (Phi) is 2.97. The maximum Gasteiger partial charge on any atom is 0.141 e. The lowest BCUT2D eigenvalue weighted by Gasteiger charge is -2.01. The van der Waals surface area contributed by atoms with Crippen LogP contribution in [-0.2, 0) is 6.42 Å². The zero-order chi connectivity index (χ0) is 12.5. The zero-order valence-corrected chi connectivity index (χ0v) is 11.3. The number of rotatable bonds is 2. The van der Waals surface area contributed by atoms with Gasteiger partial charge in [0.2, 0.25) is 0 Å². The highest BCUT2D eigenvalue weighted by molar-refractivity contribution is 7.18. The molecule has 0 spiro atoms. The average molecular weight is 276 g/mol. The number of thiophene rings is 1. The first-order chi connectivity index (χ1) is 8.72. The van der Waals surface area contributed by atoms with Gasteiger partial charge in [0.15, 0.2) is 0 Å². The lowest BCUT2D eigenvalue weighted by Crippen LogP contribution is -1.96. The molecule has 0 bridgehead atoms. The van der Waals surface area contributed by atoms with Crippen LogP contribution in [0.2, 0.25) is 5.15 Å². The number of hydrogen-bond donors (Lipinski definition) is 0. The van der Waals surface area contributed by atoms with E-state index in [-0.39, 0.29) is 0 Å². The molecule has 0 atom stereocenters. The molecule has 3 rings (SSSR count). The second kappa shape index (κ2) is 4.63. The number of aromatic nitrogens is 3. The molecule has 3 aromatic rings. The maximum absolute atomic E-state index is 6.18. The van der Waals surface area contributed by atoms with Crippen LogP contribution in [0.15, 0.2) is 30.6 Å². The summed E-state index contributed by atoms with van der Waals surface area (Å²) in [6.07, 6.45) is 4.21. The second-order valence-corrected chi connectivity index (χ2v) is 5.63. The Morgan fingerprint density at radius 2 is 2.00 bits per heavy atom. The number of fused-ring (bicyclic) bond motifs is 1. The summed E-state index contributed by atoms with van der Waals surface area (Å²) in [6, 6.07) is 5.95. The van der Waals surface area contributed by atoms with E-state index >= 15 is 0 Å². The van der Waals surface area contributed by atoms with E-state index in [0.717, 1.165) is 21.6 Å². The minimum atomic E-state index is 0.536. The molecule has 0 aromatic carbocycles. The summed E-state index contributed by atoms with van der Waals surface area (Å²) in [5.41, 5.74) is 1.13. The standard InChI is InChI=1S/C13H10ClN3S/c1-8-6-10-12(14)16-11(17-13(10)18-8)7-9-2-4-15-5-3-9/h2-6H,7H2,1H3. The van der Waals surface area contributed by atoms with E-state index < -0.39 is 0 Å². The molecule has 0 N–H and O–H groups in total. The van der Waals surface area contributed by atoms with Crippen molar-refractivity contribution in [2.45, 2.75) is 13.3 Å². The summed E-state index contributed by atoms with van der Waals surface area (Å²) < 4.78 is 0. The topological polar surface area (TPSA) is 38.7 Å². The highest BCUT2D eigenvalue weighted by atomic mass is 35.5. The normalized spacial score (nSPS) is 11.0. The molecule has 0 saturated heterocycles. The van der Waals surface area contributed by atoms with Crippen LogP contribution in [0.5, 0.6) is 0 Å². The Hall–Kier alpha value is -1.52. The van der Waals surface area contributed by atoms with Crippen LogP contribution < -0.4 is 0 Å². The van der Waals surface area contributed by atoms with Crippen molar-refractivity contribution in [3.05, 3.63) is 52.0 Å². The summed E-state index contributed by atoms with van der Waals surface area (Å²) in [5, 5.41) is 1.48. The van der Waals surface area contributed by atoms with Gasteiger partial charge in [-0.25, -0.2) is 9.97 Å². The first-order valence-corrected chi connectivity index (χ1v) is 6.73. The molecule has 90 valence electrons. The molecule has 3 heterocycles. The zero-order valence-electron chi connectivity index (χ0n) is 9.72. The molecular weight excluding hydrogens is 266 g/mol. The number of hydrogen-bond acceptors (Lipinski definition) is 4. The van der Waals surface area contributed by atoms with Crippen LogP contribution in [-0.4, -0.2) is 15.0 Å². The minimum absolute atomic E-state index is 0.536. The molecule has 0 aliphatic carbocycles. The van der Waals surface area contributed by atoms with Gasteiger partial charge in [0.1, 0.15) is 15.8 Å². The number of pyridine rings is 1. The van der Waals surface area contributed by atoms with Crippen LogP contribution in [0.3, 0.4) is 0 Å². The molecule has 5 heteroatoms. The van der Waals surface area contributed by atoms with E-state index in [0.29, 0.717) is 11.6 Å². The van der Waals surface area contributed by atoms with Gasteiger partial charge in [0, 0.05) is 29.1 Å². The van der Waals surface area contributed by atoms with Crippen molar-refractivity contribution in [3.63, 3.8) is 0 Å². The van der Waals surface area contributed by atoms with Gasteiger partial charge >= 0.3 is 0 Å². The third-order valence-corrected chi connectivity index (χ3v) is 3.86. The van der Waals surface area contributed by atoms with Crippen LogP contribution in [0, 0.1) is 6.92 Å². The Morgan fingerprint density at radius 1 is 1.22 bits per heavy atom. The fraction of sp³-hybridized carbons (Fsp3) is 0.154. The molecule has 0 amide bonds. The minimum Gasteiger partial charge on any atom is -0.265 e. The van der Waals surface area contributed by atoms with Crippen LogP contribution in [0.4, 0.5) is 0 Å². The van der Waals surface area contributed by atoms with Crippen LogP contribution in [0.1, 0.15) is 16.3 Å². The van der Waals surface area contributed by atoms with Crippen LogP contribution >= 0.6 is 22.9 Å². The monoisotopic (exact) mass is 275 g/mol. The molecule has 0 saturated carbocycles. The van der Waals surface area contributed by atoms with Gasteiger partial charge in [0.25, 0.3) is 0 Å². The van der Waals surface area contributed by atoms with Gasteiger partial charge in [-0.3, -0.25) is 4.98 Å². The van der Waals surface area contributed by atoms with E-state index in [1.54, 1.807) is 23.7 Å². The van der Waals surface area contributed by atoms with Gasteiger partial charge in [0.05, 0.1) is 0 Å². The third-order valence-electron chi connectivity index (χ3n) is 2.63. The van der Waals surface area contributed by atoms with Crippen molar-refractivity contribution in [1.82, 2.24) is 15.0 Å². The Morgan fingerprint density at radius 3 is 2.78 bits per heavy atom. The second-order valence-electron chi connectivity index (χ2n) is 4.04. The third kappa shape index (κ3) is 2.21. The Balaban J connectivity index is 2.02. The van der Waals surface area contributed by atoms with Gasteiger partial charge in [-0.15, -0.1) is 11.3 Å². The Bertz CT molecular complexity index is 694. The molecule has 0 aliphatic rings. The summed E-state index contributed by atoms with van der Waals surface area (Å²) in [4.78, 5) is 15.0. The van der Waals surface area contributed by atoms with E-state index in [1.807, 2.05) is 25.1 Å². The van der Waals surface area contributed by atoms with Gasteiger partial charge < -0.3 is 0 Å². The molecule has 0 radical (unpaired) electrons. The van der Waals surface area contributed by atoms with Crippen molar-refractivity contribution in [3.8, 4) is 0 Å². The van der Waals surface area contributed by atoms with Crippen molar-refractivity contribution in [2.24, 2.45) is 0 Å². The summed E-state index contributed by atoms with van der Waals surface area (Å²) >= 11 is 7.83. The largest absolute Gasteiger partial charge is 0.265 e. The molecule has 18 heavy (non-hydrogen) atoms. The summed E-state index contributed by atoms with van der Waals surface area (Å²) in [7, 11) is 0. The predicted molar refractivity (Wildman–Crippen MR) is 74.2 cm³/mol. The lowest BCUT2D eigenvalue weighted by atomic mass is 10.2. The first kappa shape index (κ1) is 11.6. The van der Waals surface area contributed by atoms with E-state index in [4.69, 9.17) is 11.6 Å². The van der Waals surface area contributed by atoms with Gasteiger partial charge in [-0.05, 0) is 30.7 Å². The molecule has 0 fully saturated rings. The first-order valence-electron chi connectivity index (χ1n) is 5.54. The SMILES string of the molecule is Cc1cc2c(Cl)nc(Cc3ccncc3)nc2s1. The molecule has 0 aliphatic heterocycles. The highest BCUT2D eigenvalue weighted by Gasteiger charge is 2.09. The molecule has 3 nitrogen and oxygen atoms in total. The number of aryl methyl sites for hydroxylation is 1.